The van der Waals surface area contributed by atoms with Crippen LogP contribution in [0.25, 0.3) is 6.08 Å². The second kappa shape index (κ2) is 12.6. The summed E-state index contributed by atoms with van der Waals surface area (Å²) in [5.41, 5.74) is 6.04. The lowest BCUT2D eigenvalue weighted by molar-refractivity contribution is -0.153. The summed E-state index contributed by atoms with van der Waals surface area (Å²) >= 11 is 0. The molecule has 0 saturated carbocycles. The van der Waals surface area contributed by atoms with E-state index in [2.05, 4.69) is 10.6 Å². The number of ether oxygens (including phenoxy) is 1. The van der Waals surface area contributed by atoms with Crippen molar-refractivity contribution >= 4 is 35.9 Å². The van der Waals surface area contributed by atoms with Gasteiger partial charge in [-0.25, -0.2) is 14.6 Å². The number of carbonyl (C=O) groups excluding carboxylic acids is 5. The van der Waals surface area contributed by atoms with Crippen molar-refractivity contribution in [2.75, 3.05) is 7.05 Å². The number of nitrogens with two attached hydrogens (primary N) is 1. The Hall–Kier alpha value is -4.61. The molecular weight excluding hydrogens is 458 g/mol. The average molecular weight is 485 g/mol. The second-order valence-electron chi connectivity index (χ2n) is 7.36. The molecule has 1 aromatic heterocycles. The molecule has 0 aliphatic heterocycles. The van der Waals surface area contributed by atoms with Gasteiger partial charge in [-0.05, 0) is 37.6 Å². The summed E-state index contributed by atoms with van der Waals surface area (Å²) in [7, 11) is 1.15. The molecule has 0 saturated heterocycles. The molecule has 2 atom stereocenters. The molecule has 0 aliphatic carbocycles. The molecule has 0 fully saturated rings. The summed E-state index contributed by atoms with van der Waals surface area (Å²) in [4.78, 5) is 61.3. The number of hydrogen-bond acceptors (Lipinski definition) is 7. The predicted octanol–water partition coefficient (Wildman–Crippen LogP) is 1.39. The van der Waals surface area contributed by atoms with Crippen molar-refractivity contribution in [1.29, 1.82) is 0 Å². The van der Waals surface area contributed by atoms with Crippen LogP contribution in [0.3, 0.4) is 0 Å². The maximum absolute atomic E-state index is 12.7. The van der Waals surface area contributed by atoms with Crippen molar-refractivity contribution in [2.45, 2.75) is 32.5 Å². The van der Waals surface area contributed by atoms with Crippen LogP contribution in [0.5, 0.6) is 0 Å². The zero-order chi connectivity index (χ0) is 26.0. The van der Waals surface area contributed by atoms with Crippen LogP contribution in [0.2, 0.25) is 0 Å². The number of primary amides is 1. The molecule has 1 aromatic carbocycles. The van der Waals surface area contributed by atoms with Crippen LogP contribution in [0.15, 0.2) is 59.2 Å². The summed E-state index contributed by atoms with van der Waals surface area (Å²) in [6.45, 7) is 2.77. The molecule has 1 heterocycles. The Bertz CT molecular complexity index is 1070. The Kier molecular flexibility index (Phi) is 9.58. The smallest absolute Gasteiger partial charge is 0.408 e. The van der Waals surface area contributed by atoms with Gasteiger partial charge < -0.3 is 25.5 Å². The summed E-state index contributed by atoms with van der Waals surface area (Å²) in [6, 6.07) is 8.75. The van der Waals surface area contributed by atoms with Gasteiger partial charge in [0.15, 0.2) is 0 Å². The topological polar surface area (TPSA) is 164 Å². The molecular formula is C23H27N5O7. The van der Waals surface area contributed by atoms with Gasteiger partial charge in [0.1, 0.15) is 24.5 Å². The molecule has 2 aromatic rings. The van der Waals surface area contributed by atoms with Gasteiger partial charge in [-0.2, -0.15) is 5.01 Å². The van der Waals surface area contributed by atoms with Crippen LogP contribution in [-0.4, -0.2) is 59.0 Å². The van der Waals surface area contributed by atoms with Crippen LogP contribution >= 0.6 is 0 Å². The summed E-state index contributed by atoms with van der Waals surface area (Å²) in [6.07, 6.45) is 2.88. The molecule has 0 radical (unpaired) electrons. The van der Waals surface area contributed by atoms with E-state index in [4.69, 9.17) is 14.9 Å². The van der Waals surface area contributed by atoms with E-state index in [-0.39, 0.29) is 6.61 Å². The number of rotatable bonds is 8. The number of alkyl carbamates (subject to hydrolysis) is 1. The lowest BCUT2D eigenvalue weighted by Gasteiger charge is -2.30. The summed E-state index contributed by atoms with van der Waals surface area (Å²) < 4.78 is 10.1. The van der Waals surface area contributed by atoms with Crippen molar-refractivity contribution in [1.82, 2.24) is 20.7 Å². The van der Waals surface area contributed by atoms with E-state index in [1.165, 1.54) is 26.2 Å². The number of imide groups is 1. The fraction of sp³-hybridized carbons (Fsp3) is 0.261. The maximum Gasteiger partial charge on any atom is 0.408 e. The lowest BCUT2D eigenvalue weighted by atomic mass is 10.2. The van der Waals surface area contributed by atoms with Crippen molar-refractivity contribution < 1.29 is 33.1 Å². The van der Waals surface area contributed by atoms with Crippen molar-refractivity contribution in [3.05, 3.63) is 66.1 Å². The third kappa shape index (κ3) is 8.03. The standard InChI is InChI=1S/C23H27N5O7/c1-15(26-23(33)35-14-17-8-5-4-6-9-17)20(30)25-16(2)21(31)27(3)28(22(24)32)19(29)12-11-18-10-7-13-34-18/h4-13,15-16H,14H2,1-3H3,(H2,24,32)(H,25,30)(H,26,33)/b12-11+/t15-,16-/m0/s1. The number of nitrogens with one attached hydrogen (secondary N) is 2. The van der Waals surface area contributed by atoms with Crippen molar-refractivity contribution in [3.8, 4) is 0 Å². The van der Waals surface area contributed by atoms with Crippen LogP contribution < -0.4 is 16.4 Å². The zero-order valence-electron chi connectivity index (χ0n) is 19.5. The highest BCUT2D eigenvalue weighted by Crippen LogP contribution is 2.06. The predicted molar refractivity (Wildman–Crippen MR) is 124 cm³/mol. The minimum Gasteiger partial charge on any atom is -0.465 e. The number of carbonyl (C=O) groups is 5. The molecule has 2 rings (SSSR count). The minimum absolute atomic E-state index is 0.0199. The quantitative estimate of drug-likeness (QED) is 0.375. The highest BCUT2D eigenvalue weighted by Gasteiger charge is 2.30. The average Bonchev–Trinajstić information content (AvgIpc) is 3.35. The van der Waals surface area contributed by atoms with Gasteiger partial charge in [-0.3, -0.25) is 14.4 Å². The molecule has 0 aliphatic rings. The lowest BCUT2D eigenvalue weighted by Crippen LogP contribution is -2.58. The molecule has 0 unspecified atom stereocenters. The SMILES string of the molecule is C[C@H](NC(=O)OCc1ccccc1)C(=O)N[C@@H](C)C(=O)N(C)N(C(N)=O)C(=O)/C=C/c1ccco1. The molecule has 12 nitrogen and oxygen atoms in total. The maximum atomic E-state index is 12.7. The van der Waals surface area contributed by atoms with E-state index in [9.17, 15) is 24.0 Å². The van der Waals surface area contributed by atoms with Gasteiger partial charge >= 0.3 is 12.1 Å². The van der Waals surface area contributed by atoms with Crippen LogP contribution in [0, 0.1) is 0 Å². The molecule has 0 spiro atoms. The first-order valence-electron chi connectivity index (χ1n) is 10.5. The Morgan fingerprint density at radius 2 is 1.71 bits per heavy atom. The highest BCUT2D eigenvalue weighted by molar-refractivity contribution is 6.03. The Morgan fingerprint density at radius 1 is 1.03 bits per heavy atom. The van der Waals surface area contributed by atoms with Gasteiger partial charge in [0.05, 0.1) is 6.26 Å². The molecule has 4 N–H and O–H groups in total. The minimum atomic E-state index is -1.20. The number of hydrogen-bond donors (Lipinski definition) is 3. The van der Waals surface area contributed by atoms with E-state index in [1.54, 1.807) is 36.4 Å². The van der Waals surface area contributed by atoms with Crippen LogP contribution in [-0.2, 0) is 25.7 Å². The molecule has 186 valence electrons. The first kappa shape index (κ1) is 26.6. The van der Waals surface area contributed by atoms with Crippen molar-refractivity contribution in [3.63, 3.8) is 0 Å². The second-order valence-corrected chi connectivity index (χ2v) is 7.36. The molecule has 35 heavy (non-hydrogen) atoms. The van der Waals surface area contributed by atoms with Crippen molar-refractivity contribution in [2.24, 2.45) is 5.73 Å². The Labute approximate surface area is 201 Å². The van der Waals surface area contributed by atoms with Gasteiger partial charge in [0.25, 0.3) is 11.8 Å². The molecule has 12 heteroatoms. The van der Waals surface area contributed by atoms with Gasteiger partial charge in [0, 0.05) is 13.1 Å². The number of nitrogens with zero attached hydrogens (tertiary/aromatic N) is 2. The monoisotopic (exact) mass is 485 g/mol. The number of urea groups is 1. The third-order valence-corrected chi connectivity index (χ3v) is 4.64. The number of hydrazine groups is 1. The fourth-order valence-electron chi connectivity index (χ4n) is 2.80. The van der Waals surface area contributed by atoms with E-state index >= 15 is 0 Å². The van der Waals surface area contributed by atoms with Gasteiger partial charge in [-0.15, -0.1) is 0 Å². The first-order chi connectivity index (χ1) is 16.6. The third-order valence-electron chi connectivity index (χ3n) is 4.64. The number of furan rings is 1. The largest absolute Gasteiger partial charge is 0.465 e. The number of likely N-dealkylation sites (N-methyl/N-ethyl adjacent to an activating group) is 1. The highest BCUT2D eigenvalue weighted by atomic mass is 16.5. The molecule has 0 bridgehead atoms. The normalized spacial score (nSPS) is 12.3. The van der Waals surface area contributed by atoms with E-state index in [1.807, 2.05) is 6.07 Å². The number of benzene rings is 1. The number of amides is 6. The zero-order valence-corrected chi connectivity index (χ0v) is 19.5. The Balaban J connectivity index is 1.90. The first-order valence-corrected chi connectivity index (χ1v) is 10.5. The van der Waals surface area contributed by atoms with Gasteiger partial charge in [-0.1, -0.05) is 30.3 Å². The van der Waals surface area contributed by atoms with Crippen LogP contribution in [0.4, 0.5) is 9.59 Å². The van der Waals surface area contributed by atoms with E-state index in [0.717, 1.165) is 18.7 Å². The van der Waals surface area contributed by atoms with Gasteiger partial charge in [0.2, 0.25) is 5.91 Å². The van der Waals surface area contributed by atoms with Crippen LogP contribution in [0.1, 0.15) is 25.2 Å². The Morgan fingerprint density at radius 3 is 2.31 bits per heavy atom. The summed E-state index contributed by atoms with van der Waals surface area (Å²) in [5.74, 6) is -2.05. The fourth-order valence-corrected chi connectivity index (χ4v) is 2.80. The van der Waals surface area contributed by atoms with E-state index < -0.39 is 41.9 Å². The summed E-state index contributed by atoms with van der Waals surface area (Å²) in [5, 5.41) is 5.86. The van der Waals surface area contributed by atoms with E-state index in [0.29, 0.717) is 15.8 Å². The molecule has 6 amide bonds.